The number of benzene rings is 2. The molecule has 172 valence electrons. The Morgan fingerprint density at radius 2 is 1.78 bits per heavy atom. The number of hydrogen-bond acceptors (Lipinski definition) is 8. The highest BCUT2D eigenvalue weighted by atomic mass is 32.2. The van der Waals surface area contributed by atoms with Crippen molar-refractivity contribution in [2.45, 2.75) is 16.2 Å². The van der Waals surface area contributed by atoms with Crippen molar-refractivity contribution < 1.29 is 31.0 Å². The molecule has 1 N–H and O–H groups in total. The molecule has 4 rings (SSSR count). The monoisotopic (exact) mass is 481 g/mol. The highest BCUT2D eigenvalue weighted by Gasteiger charge is 2.31. The third-order valence-electron chi connectivity index (χ3n) is 5.17. The average Bonchev–Trinajstić information content (AvgIpc) is 2.79. The van der Waals surface area contributed by atoms with E-state index in [1.165, 1.54) is 30.7 Å². The summed E-state index contributed by atoms with van der Waals surface area (Å²) in [7, 11) is -4.88. The van der Waals surface area contributed by atoms with Crippen LogP contribution in [0.5, 0.6) is 11.5 Å². The van der Waals surface area contributed by atoms with Crippen LogP contribution in [-0.2, 0) is 31.2 Å². The molecule has 12 heteroatoms. The minimum atomic E-state index is -4.09. The van der Waals surface area contributed by atoms with Crippen LogP contribution in [0.4, 0.5) is 5.69 Å². The molecule has 2 aromatic rings. The molecule has 1 saturated heterocycles. The first-order valence-corrected chi connectivity index (χ1v) is 12.7. The number of rotatable bonds is 6. The van der Waals surface area contributed by atoms with E-state index in [1.54, 1.807) is 18.2 Å². The van der Waals surface area contributed by atoms with Gasteiger partial charge >= 0.3 is 0 Å². The molecule has 1 fully saturated rings. The van der Waals surface area contributed by atoms with Gasteiger partial charge in [-0.15, -0.1) is 4.40 Å². The third-order valence-corrected chi connectivity index (χ3v) is 8.42. The fraction of sp³-hybridized carbons (Fsp3) is 0.350. The van der Waals surface area contributed by atoms with Gasteiger partial charge in [-0.3, -0.25) is 0 Å². The molecule has 32 heavy (non-hydrogen) atoms. The van der Waals surface area contributed by atoms with Gasteiger partial charge in [-0.1, -0.05) is 6.07 Å². The first-order valence-electron chi connectivity index (χ1n) is 9.78. The van der Waals surface area contributed by atoms with Crippen molar-refractivity contribution in [3.63, 3.8) is 0 Å². The first-order chi connectivity index (χ1) is 15.2. The molecular formula is C20H23N3O7S2. The van der Waals surface area contributed by atoms with E-state index in [1.807, 2.05) is 0 Å². The fourth-order valence-corrected chi connectivity index (χ4v) is 6.23. The Labute approximate surface area is 186 Å². The van der Waals surface area contributed by atoms with E-state index in [0.29, 0.717) is 24.7 Å². The molecule has 0 aliphatic carbocycles. The Bertz CT molecular complexity index is 1270. The third kappa shape index (κ3) is 4.31. The maximum absolute atomic E-state index is 12.9. The summed E-state index contributed by atoms with van der Waals surface area (Å²) in [6, 6.07) is 9.24. The summed E-state index contributed by atoms with van der Waals surface area (Å²) in [4.78, 5) is -0.273. The summed E-state index contributed by atoms with van der Waals surface area (Å²) in [5.74, 6) is 1.29. The Hall–Kier alpha value is -2.67. The van der Waals surface area contributed by atoms with E-state index in [2.05, 4.69) is 9.71 Å². The summed E-state index contributed by atoms with van der Waals surface area (Å²) < 4.78 is 72.4. The zero-order valence-corrected chi connectivity index (χ0v) is 19.2. The normalized spacial score (nSPS) is 18.2. The van der Waals surface area contributed by atoms with Crippen LogP contribution >= 0.6 is 0 Å². The van der Waals surface area contributed by atoms with Crippen molar-refractivity contribution in [3.8, 4) is 11.5 Å². The van der Waals surface area contributed by atoms with Gasteiger partial charge in [0, 0.05) is 19.5 Å². The SMILES string of the molecule is COc1ccc(CC2=NS(=O)(=O)c3cc(S(=O)(=O)N4CCOCC4)ccc3N2)cc1OC. The molecule has 0 radical (unpaired) electrons. The zero-order valence-electron chi connectivity index (χ0n) is 17.6. The van der Waals surface area contributed by atoms with Crippen LogP contribution in [0.3, 0.4) is 0 Å². The van der Waals surface area contributed by atoms with Crippen molar-refractivity contribution in [1.29, 1.82) is 0 Å². The van der Waals surface area contributed by atoms with Gasteiger partial charge in [0.05, 0.1) is 38.0 Å². The van der Waals surface area contributed by atoms with Crippen LogP contribution in [0.15, 0.2) is 50.6 Å². The lowest BCUT2D eigenvalue weighted by molar-refractivity contribution is 0.0730. The summed E-state index contributed by atoms with van der Waals surface area (Å²) >= 11 is 0. The molecular weight excluding hydrogens is 458 g/mol. The van der Waals surface area contributed by atoms with E-state index in [9.17, 15) is 16.8 Å². The number of nitrogens with one attached hydrogen (secondary N) is 1. The summed E-state index contributed by atoms with van der Waals surface area (Å²) in [6.45, 7) is 1.04. The summed E-state index contributed by atoms with van der Waals surface area (Å²) in [5.41, 5.74) is 1.04. The summed E-state index contributed by atoms with van der Waals surface area (Å²) in [5, 5.41) is 3.00. The highest BCUT2D eigenvalue weighted by molar-refractivity contribution is 7.91. The van der Waals surface area contributed by atoms with E-state index >= 15 is 0 Å². The molecule has 0 spiro atoms. The van der Waals surface area contributed by atoms with Crippen LogP contribution in [0, 0.1) is 0 Å². The summed E-state index contributed by atoms with van der Waals surface area (Å²) in [6.07, 6.45) is 0.201. The second-order valence-electron chi connectivity index (χ2n) is 7.18. The number of anilines is 1. The smallest absolute Gasteiger partial charge is 0.286 e. The molecule has 0 bridgehead atoms. The van der Waals surface area contributed by atoms with E-state index in [-0.39, 0.29) is 40.8 Å². The van der Waals surface area contributed by atoms with E-state index in [4.69, 9.17) is 14.2 Å². The number of methoxy groups -OCH3 is 2. The lowest BCUT2D eigenvalue weighted by atomic mass is 10.1. The second kappa shape index (κ2) is 8.70. The molecule has 0 aromatic heterocycles. The van der Waals surface area contributed by atoms with Gasteiger partial charge in [0.1, 0.15) is 10.7 Å². The fourth-order valence-electron chi connectivity index (χ4n) is 3.55. The first kappa shape index (κ1) is 22.5. The Morgan fingerprint density at radius 1 is 1.06 bits per heavy atom. The maximum Gasteiger partial charge on any atom is 0.286 e. The van der Waals surface area contributed by atoms with Crippen molar-refractivity contribution >= 4 is 31.6 Å². The van der Waals surface area contributed by atoms with E-state index < -0.39 is 20.0 Å². The standard InChI is InChI=1S/C20H23N3O7S2/c1-28-17-6-3-14(11-18(17)29-2)12-20-21-16-5-4-15(13-19(16)31(24,25)22-20)32(26,27)23-7-9-30-10-8-23/h3-6,11,13H,7-10,12H2,1-2H3,(H,21,22). The number of amidine groups is 1. The van der Waals surface area contributed by atoms with Crippen LogP contribution in [-0.4, -0.2) is 67.5 Å². The molecule has 2 aromatic carbocycles. The zero-order chi connectivity index (χ0) is 22.9. The van der Waals surface area contributed by atoms with E-state index in [0.717, 1.165) is 11.6 Å². The Morgan fingerprint density at radius 3 is 2.47 bits per heavy atom. The van der Waals surface area contributed by atoms with Crippen LogP contribution < -0.4 is 14.8 Å². The molecule has 2 aliphatic rings. The molecule has 0 saturated carbocycles. The average molecular weight is 482 g/mol. The Kier molecular flexibility index (Phi) is 6.12. The number of hydrogen-bond donors (Lipinski definition) is 1. The highest BCUT2D eigenvalue weighted by Crippen LogP contribution is 2.32. The molecule has 10 nitrogen and oxygen atoms in total. The topological polar surface area (TPSA) is 124 Å². The quantitative estimate of drug-likeness (QED) is 0.658. The molecule has 2 aliphatic heterocycles. The Balaban J connectivity index is 1.62. The minimum absolute atomic E-state index is 0.0953. The van der Waals surface area contributed by atoms with Crippen molar-refractivity contribution in [1.82, 2.24) is 4.31 Å². The van der Waals surface area contributed by atoms with Crippen molar-refractivity contribution in [3.05, 3.63) is 42.0 Å². The van der Waals surface area contributed by atoms with Crippen molar-refractivity contribution in [2.75, 3.05) is 45.8 Å². The predicted molar refractivity (Wildman–Crippen MR) is 118 cm³/mol. The van der Waals surface area contributed by atoms with Gasteiger partial charge in [0.25, 0.3) is 10.0 Å². The second-order valence-corrected chi connectivity index (χ2v) is 10.7. The van der Waals surface area contributed by atoms with Crippen LogP contribution in [0.25, 0.3) is 0 Å². The van der Waals surface area contributed by atoms with Gasteiger partial charge < -0.3 is 19.5 Å². The molecule has 0 atom stereocenters. The van der Waals surface area contributed by atoms with Gasteiger partial charge in [0.2, 0.25) is 10.0 Å². The predicted octanol–water partition coefficient (Wildman–Crippen LogP) is 1.48. The van der Waals surface area contributed by atoms with Crippen molar-refractivity contribution in [2.24, 2.45) is 4.40 Å². The lowest BCUT2D eigenvalue weighted by Gasteiger charge is -2.26. The van der Waals surface area contributed by atoms with Gasteiger partial charge in [-0.2, -0.15) is 12.7 Å². The number of morpholine rings is 1. The number of ether oxygens (including phenoxy) is 3. The molecule has 0 amide bonds. The maximum atomic E-state index is 12.9. The number of sulfonamides is 2. The van der Waals surface area contributed by atoms with Gasteiger partial charge in [-0.05, 0) is 35.9 Å². The number of nitrogens with zero attached hydrogens (tertiary/aromatic N) is 2. The van der Waals surface area contributed by atoms with Gasteiger partial charge in [-0.25, -0.2) is 8.42 Å². The van der Waals surface area contributed by atoms with Crippen LogP contribution in [0.1, 0.15) is 5.56 Å². The molecule has 0 unspecified atom stereocenters. The lowest BCUT2D eigenvalue weighted by Crippen LogP contribution is -2.40. The number of fused-ring (bicyclic) bond motifs is 1. The molecule has 2 heterocycles. The minimum Gasteiger partial charge on any atom is -0.493 e. The largest absolute Gasteiger partial charge is 0.493 e. The van der Waals surface area contributed by atoms with Gasteiger partial charge in [0.15, 0.2) is 11.5 Å². The van der Waals surface area contributed by atoms with Crippen LogP contribution in [0.2, 0.25) is 0 Å².